The molecule has 0 saturated carbocycles. The predicted octanol–water partition coefficient (Wildman–Crippen LogP) is 4.31. The highest BCUT2D eigenvalue weighted by atomic mass is 16.5. The van der Waals surface area contributed by atoms with E-state index in [4.69, 9.17) is 4.74 Å². The van der Waals surface area contributed by atoms with Crippen molar-refractivity contribution in [1.82, 2.24) is 20.0 Å². The minimum absolute atomic E-state index is 0.104. The van der Waals surface area contributed by atoms with Gasteiger partial charge in [-0.1, -0.05) is 36.4 Å². The number of piperazine rings is 1. The largest absolute Gasteiger partial charge is 0.494 e. The van der Waals surface area contributed by atoms with Crippen LogP contribution >= 0.6 is 0 Å². The molecule has 2 aromatic carbocycles. The predicted molar refractivity (Wildman–Crippen MR) is 149 cm³/mol. The normalized spacial score (nSPS) is 13.3. The molecular formula is C30H37N5O3. The van der Waals surface area contributed by atoms with Gasteiger partial charge in [-0.3, -0.25) is 9.59 Å². The second-order valence-corrected chi connectivity index (χ2v) is 9.24. The Hall–Kier alpha value is -3.94. The van der Waals surface area contributed by atoms with Crippen LogP contribution in [-0.2, 0) is 11.2 Å². The molecule has 0 unspecified atom stereocenters. The molecule has 1 saturated heterocycles. The van der Waals surface area contributed by atoms with Crippen molar-refractivity contribution in [1.29, 1.82) is 0 Å². The monoisotopic (exact) mass is 515 g/mol. The second kappa shape index (κ2) is 13.0. The van der Waals surface area contributed by atoms with Gasteiger partial charge in [-0.25, -0.2) is 0 Å². The van der Waals surface area contributed by atoms with Crippen molar-refractivity contribution in [2.75, 3.05) is 50.8 Å². The number of amides is 2. The molecule has 2 heterocycles. The van der Waals surface area contributed by atoms with E-state index in [0.717, 1.165) is 28.3 Å². The van der Waals surface area contributed by atoms with Gasteiger partial charge in [-0.15, -0.1) is 10.2 Å². The van der Waals surface area contributed by atoms with E-state index in [1.54, 1.807) is 11.0 Å². The highest BCUT2D eigenvalue weighted by molar-refractivity contribution is 5.92. The van der Waals surface area contributed by atoms with E-state index >= 15 is 0 Å². The van der Waals surface area contributed by atoms with Crippen molar-refractivity contribution in [3.8, 4) is 16.9 Å². The first kappa shape index (κ1) is 27.1. The molecule has 200 valence electrons. The van der Waals surface area contributed by atoms with Gasteiger partial charge in [0.1, 0.15) is 5.75 Å². The number of benzene rings is 2. The first-order valence-electron chi connectivity index (χ1n) is 13.5. The minimum atomic E-state index is -0.104. The van der Waals surface area contributed by atoms with E-state index in [1.807, 2.05) is 56.0 Å². The molecule has 1 aliphatic heterocycles. The van der Waals surface area contributed by atoms with Crippen molar-refractivity contribution in [3.63, 3.8) is 0 Å². The summed E-state index contributed by atoms with van der Waals surface area (Å²) in [5.41, 5.74) is 3.74. The molecule has 0 atom stereocenters. The van der Waals surface area contributed by atoms with Crippen LogP contribution in [0.1, 0.15) is 43.2 Å². The quantitative estimate of drug-likeness (QED) is 0.401. The summed E-state index contributed by atoms with van der Waals surface area (Å²) in [5.74, 6) is 1.64. The van der Waals surface area contributed by atoms with Gasteiger partial charge in [-0.05, 0) is 68.1 Å². The molecule has 3 aromatic rings. The van der Waals surface area contributed by atoms with Gasteiger partial charge in [0.25, 0.3) is 5.91 Å². The molecule has 38 heavy (non-hydrogen) atoms. The maximum absolute atomic E-state index is 13.1. The highest BCUT2D eigenvalue weighted by Gasteiger charge is 2.23. The van der Waals surface area contributed by atoms with Gasteiger partial charge in [0.05, 0.1) is 6.61 Å². The zero-order valence-electron chi connectivity index (χ0n) is 22.6. The molecule has 0 aliphatic carbocycles. The number of aryl methyl sites for hydroxylation is 1. The van der Waals surface area contributed by atoms with E-state index < -0.39 is 0 Å². The van der Waals surface area contributed by atoms with Crippen LogP contribution in [0, 0.1) is 0 Å². The third-order valence-electron chi connectivity index (χ3n) is 6.96. The Kier molecular flexibility index (Phi) is 9.30. The van der Waals surface area contributed by atoms with Crippen molar-refractivity contribution >= 4 is 17.6 Å². The molecular weight excluding hydrogens is 478 g/mol. The van der Waals surface area contributed by atoms with E-state index in [-0.39, 0.29) is 11.8 Å². The number of ether oxygens (including phenoxy) is 1. The number of aromatic nitrogens is 2. The van der Waals surface area contributed by atoms with E-state index in [2.05, 4.69) is 39.4 Å². The number of hydrogen-bond acceptors (Lipinski definition) is 6. The van der Waals surface area contributed by atoms with Crippen LogP contribution in [-0.4, -0.2) is 77.7 Å². The number of carbonyl (C=O) groups excluding carboxylic acids is 2. The van der Waals surface area contributed by atoms with Crippen LogP contribution in [0.25, 0.3) is 11.1 Å². The lowest BCUT2D eigenvalue weighted by Crippen LogP contribution is -2.49. The van der Waals surface area contributed by atoms with Gasteiger partial charge in [0, 0.05) is 45.7 Å². The summed E-state index contributed by atoms with van der Waals surface area (Å²) in [6.07, 6.45) is 1.14. The number of hydrogen-bond donors (Lipinski definition) is 0. The van der Waals surface area contributed by atoms with Gasteiger partial charge in [0.15, 0.2) is 11.5 Å². The Morgan fingerprint density at radius 2 is 1.66 bits per heavy atom. The fourth-order valence-corrected chi connectivity index (χ4v) is 4.81. The molecule has 2 amide bonds. The average molecular weight is 516 g/mol. The fourth-order valence-electron chi connectivity index (χ4n) is 4.81. The maximum atomic E-state index is 13.1. The van der Waals surface area contributed by atoms with Crippen LogP contribution in [0.15, 0.2) is 60.7 Å². The van der Waals surface area contributed by atoms with Gasteiger partial charge in [0.2, 0.25) is 5.91 Å². The molecule has 0 bridgehead atoms. The summed E-state index contributed by atoms with van der Waals surface area (Å²) < 4.78 is 5.67. The van der Waals surface area contributed by atoms with Crippen LogP contribution in [0.2, 0.25) is 0 Å². The van der Waals surface area contributed by atoms with E-state index in [9.17, 15) is 9.59 Å². The average Bonchev–Trinajstić information content (AvgIpc) is 2.97. The number of anilines is 1. The lowest BCUT2D eigenvalue weighted by molar-refractivity contribution is -0.131. The van der Waals surface area contributed by atoms with Gasteiger partial charge >= 0.3 is 0 Å². The molecule has 1 aromatic heterocycles. The number of nitrogens with zero attached hydrogens (tertiary/aromatic N) is 5. The van der Waals surface area contributed by atoms with Crippen molar-refractivity contribution < 1.29 is 14.3 Å². The van der Waals surface area contributed by atoms with E-state index in [0.29, 0.717) is 64.4 Å². The minimum Gasteiger partial charge on any atom is -0.494 e. The summed E-state index contributed by atoms with van der Waals surface area (Å²) in [7, 11) is 0. The molecule has 0 N–H and O–H groups in total. The molecule has 1 fully saturated rings. The van der Waals surface area contributed by atoms with Gasteiger partial charge in [-0.2, -0.15) is 0 Å². The van der Waals surface area contributed by atoms with Crippen LogP contribution in [0.4, 0.5) is 5.82 Å². The summed E-state index contributed by atoms with van der Waals surface area (Å²) in [5, 5.41) is 8.46. The third kappa shape index (κ3) is 6.49. The summed E-state index contributed by atoms with van der Waals surface area (Å²) >= 11 is 0. The topological polar surface area (TPSA) is 78.9 Å². The third-order valence-corrected chi connectivity index (χ3v) is 6.96. The molecule has 8 nitrogen and oxygen atoms in total. The smallest absolute Gasteiger partial charge is 0.274 e. The summed E-state index contributed by atoms with van der Waals surface area (Å²) in [6, 6.07) is 19.9. The second-order valence-electron chi connectivity index (χ2n) is 9.24. The maximum Gasteiger partial charge on any atom is 0.274 e. The van der Waals surface area contributed by atoms with Crippen molar-refractivity contribution in [2.45, 2.75) is 33.6 Å². The first-order valence-corrected chi connectivity index (χ1v) is 13.5. The van der Waals surface area contributed by atoms with Crippen molar-refractivity contribution in [2.24, 2.45) is 0 Å². The summed E-state index contributed by atoms with van der Waals surface area (Å²) in [6.45, 7) is 10.4. The first-order chi connectivity index (χ1) is 18.5. The van der Waals surface area contributed by atoms with Crippen LogP contribution in [0.5, 0.6) is 5.75 Å². The molecule has 4 rings (SSSR count). The Morgan fingerprint density at radius 3 is 2.34 bits per heavy atom. The standard InChI is InChI=1S/C30H37N5O3/c1-4-33(5-2)30(37)27-15-16-28(32-31-27)34-18-20-35(21-19-34)29(36)17-14-23-10-7-8-13-26(23)24-11-9-12-25(22-24)38-6-3/h7-13,15-16,22H,4-6,14,17-21H2,1-3H3. The van der Waals surface area contributed by atoms with Crippen LogP contribution < -0.4 is 9.64 Å². The zero-order chi connectivity index (χ0) is 26.9. The molecule has 0 spiro atoms. The van der Waals surface area contributed by atoms with Crippen LogP contribution in [0.3, 0.4) is 0 Å². The van der Waals surface area contributed by atoms with E-state index in [1.165, 1.54) is 0 Å². The Morgan fingerprint density at radius 1 is 0.895 bits per heavy atom. The Bertz CT molecular complexity index is 1220. The van der Waals surface area contributed by atoms with Gasteiger partial charge < -0.3 is 19.4 Å². The number of rotatable bonds is 10. The molecule has 0 radical (unpaired) electrons. The molecule has 1 aliphatic rings. The SMILES string of the molecule is CCOc1cccc(-c2ccccc2CCC(=O)N2CCN(c3ccc(C(=O)N(CC)CC)nn3)CC2)c1. The van der Waals surface area contributed by atoms with Crippen molar-refractivity contribution in [3.05, 3.63) is 71.9 Å². The highest BCUT2D eigenvalue weighted by Crippen LogP contribution is 2.28. The summed E-state index contributed by atoms with van der Waals surface area (Å²) in [4.78, 5) is 31.3. The molecule has 8 heteroatoms. The fraction of sp³-hybridized carbons (Fsp3) is 0.400. The zero-order valence-corrected chi connectivity index (χ0v) is 22.6. The lowest BCUT2D eigenvalue weighted by atomic mass is 9.96. The Balaban J connectivity index is 1.32. The lowest BCUT2D eigenvalue weighted by Gasteiger charge is -2.35. The Labute approximate surface area is 225 Å². The number of carbonyl (C=O) groups is 2.